The first kappa shape index (κ1) is 22.1. The molecule has 0 radical (unpaired) electrons. The number of aromatic nitrogens is 5. The van der Waals surface area contributed by atoms with Crippen molar-refractivity contribution in [2.45, 2.75) is 20.5 Å². The van der Waals surface area contributed by atoms with Crippen molar-refractivity contribution in [3.05, 3.63) is 75.5 Å². The van der Waals surface area contributed by atoms with Crippen LogP contribution in [0.25, 0.3) is 5.82 Å². The van der Waals surface area contributed by atoms with Gasteiger partial charge in [0, 0.05) is 4.47 Å². The maximum atomic E-state index is 12.5. The first-order valence-electron chi connectivity index (χ1n) is 9.75. The predicted molar refractivity (Wildman–Crippen MR) is 123 cm³/mol. The summed E-state index contributed by atoms with van der Waals surface area (Å²) in [7, 11) is 0. The molecule has 0 aliphatic carbocycles. The molecule has 1 amide bonds. The molecular weight excluding hydrogens is 492 g/mol. The van der Waals surface area contributed by atoms with E-state index >= 15 is 0 Å². The number of halogens is 1. The topological polar surface area (TPSA) is 146 Å². The molecule has 4 aromatic rings. The van der Waals surface area contributed by atoms with Gasteiger partial charge in [0.2, 0.25) is 11.6 Å². The van der Waals surface area contributed by atoms with Gasteiger partial charge in [0.15, 0.2) is 5.69 Å². The van der Waals surface area contributed by atoms with Crippen molar-refractivity contribution in [1.29, 1.82) is 0 Å². The number of benzene rings is 2. The Hall–Kier alpha value is -4.06. The maximum absolute atomic E-state index is 12.5. The Morgan fingerprint density at radius 3 is 2.58 bits per heavy atom. The zero-order valence-electron chi connectivity index (χ0n) is 17.7. The molecule has 2 aromatic heterocycles. The minimum Gasteiger partial charge on any atom is -0.489 e. The van der Waals surface area contributed by atoms with Crippen LogP contribution in [0.1, 0.15) is 34.2 Å². The van der Waals surface area contributed by atoms with Gasteiger partial charge in [0.1, 0.15) is 12.4 Å². The van der Waals surface area contributed by atoms with E-state index in [1.54, 1.807) is 13.8 Å². The molecule has 12 heteroatoms. The number of nitrogens with one attached hydrogen (secondary N) is 1. The summed E-state index contributed by atoms with van der Waals surface area (Å²) < 4.78 is 12.7. The Morgan fingerprint density at radius 1 is 1.18 bits per heavy atom. The fraction of sp³-hybridized carbons (Fsp3) is 0.143. The number of carbonyl (C=O) groups excluding carboxylic acids is 1. The van der Waals surface area contributed by atoms with Gasteiger partial charge >= 0.3 is 0 Å². The summed E-state index contributed by atoms with van der Waals surface area (Å²) >= 11 is 3.41. The van der Waals surface area contributed by atoms with Crippen molar-refractivity contribution in [1.82, 2.24) is 30.7 Å². The van der Waals surface area contributed by atoms with Crippen LogP contribution in [0, 0.1) is 6.92 Å². The fourth-order valence-electron chi connectivity index (χ4n) is 2.87. The van der Waals surface area contributed by atoms with Gasteiger partial charge in [-0.2, -0.15) is 9.78 Å². The summed E-state index contributed by atoms with van der Waals surface area (Å²) in [5.74, 6) is 0.393. The van der Waals surface area contributed by atoms with Crippen molar-refractivity contribution >= 4 is 33.4 Å². The highest BCUT2D eigenvalue weighted by atomic mass is 79.9. The van der Waals surface area contributed by atoms with Crippen LogP contribution < -0.4 is 15.9 Å². The van der Waals surface area contributed by atoms with Crippen molar-refractivity contribution in [2.24, 2.45) is 5.10 Å². The first-order valence-corrected chi connectivity index (χ1v) is 10.5. The van der Waals surface area contributed by atoms with Crippen LogP contribution in [0.3, 0.4) is 0 Å². The SMILES string of the molecule is C/C(=N/NC(=O)c1nnn(-c2nonc2N)c1C)c1ccc(OCc2ccc(Br)cc2)cc1. The van der Waals surface area contributed by atoms with Crippen LogP contribution in [0.5, 0.6) is 5.75 Å². The molecule has 11 nitrogen and oxygen atoms in total. The number of hydrazone groups is 1. The Labute approximate surface area is 196 Å². The van der Waals surface area contributed by atoms with E-state index in [1.165, 1.54) is 4.68 Å². The first-order chi connectivity index (χ1) is 15.9. The van der Waals surface area contributed by atoms with Gasteiger partial charge in [0.05, 0.1) is 11.4 Å². The van der Waals surface area contributed by atoms with Gasteiger partial charge in [-0.25, -0.2) is 10.1 Å². The molecule has 0 atom stereocenters. The van der Waals surface area contributed by atoms with E-state index in [4.69, 9.17) is 10.5 Å². The quantitative estimate of drug-likeness (QED) is 0.284. The standard InChI is InChI=1S/C21H19BrN8O3/c1-12(15-5-9-17(10-6-15)32-11-14-3-7-16(22)8-4-14)24-26-21(31)18-13(2)30(29-25-18)20-19(23)27-33-28-20/h3-10H,11H2,1-2H3,(H2,23,27)(H,26,31)/b24-12-. The van der Waals surface area contributed by atoms with E-state index in [1.807, 2.05) is 48.5 Å². The van der Waals surface area contributed by atoms with E-state index in [0.29, 0.717) is 18.0 Å². The highest BCUT2D eigenvalue weighted by molar-refractivity contribution is 9.10. The average Bonchev–Trinajstić information content (AvgIpc) is 3.42. The molecule has 0 aliphatic rings. The number of nitrogens with two attached hydrogens (primary N) is 1. The zero-order chi connectivity index (χ0) is 23.4. The molecule has 4 rings (SSSR count). The van der Waals surface area contributed by atoms with Crippen LogP contribution in [-0.2, 0) is 6.61 Å². The smallest absolute Gasteiger partial charge is 0.293 e. The molecule has 0 aliphatic heterocycles. The normalized spacial score (nSPS) is 11.4. The Bertz CT molecular complexity index is 1300. The molecule has 0 fully saturated rings. The Morgan fingerprint density at radius 2 is 1.91 bits per heavy atom. The molecular formula is C21H19BrN8O3. The van der Waals surface area contributed by atoms with Gasteiger partial charge < -0.3 is 10.5 Å². The number of amides is 1. The molecule has 168 valence electrons. The van der Waals surface area contributed by atoms with Gasteiger partial charge in [-0.05, 0) is 71.7 Å². The van der Waals surface area contributed by atoms with Crippen LogP contribution in [0.4, 0.5) is 5.82 Å². The summed E-state index contributed by atoms with van der Waals surface area (Å²) in [4.78, 5) is 12.5. The van der Waals surface area contributed by atoms with Gasteiger partial charge in [0.25, 0.3) is 5.91 Å². The number of hydrogen-bond acceptors (Lipinski definition) is 9. The minimum absolute atomic E-state index is 0.0353. The summed E-state index contributed by atoms with van der Waals surface area (Å²) in [6.07, 6.45) is 0. The highest BCUT2D eigenvalue weighted by Gasteiger charge is 2.20. The van der Waals surface area contributed by atoms with Crippen LogP contribution >= 0.6 is 15.9 Å². The monoisotopic (exact) mass is 510 g/mol. The van der Waals surface area contributed by atoms with E-state index in [0.717, 1.165) is 21.3 Å². The van der Waals surface area contributed by atoms with Crippen molar-refractivity contribution in [3.8, 4) is 11.6 Å². The number of nitrogen functional groups attached to an aromatic ring is 1. The van der Waals surface area contributed by atoms with E-state index in [2.05, 4.69) is 51.7 Å². The van der Waals surface area contributed by atoms with Crippen LogP contribution in [-0.4, -0.2) is 36.9 Å². The Kier molecular flexibility index (Phi) is 6.45. The van der Waals surface area contributed by atoms with Gasteiger partial charge in [-0.15, -0.1) is 5.10 Å². The fourth-order valence-corrected chi connectivity index (χ4v) is 3.13. The minimum atomic E-state index is -0.525. The number of carbonyl (C=O) groups is 1. The van der Waals surface area contributed by atoms with Crippen LogP contribution in [0.2, 0.25) is 0 Å². The summed E-state index contributed by atoms with van der Waals surface area (Å²) in [5, 5.41) is 19.0. The third-order valence-corrected chi connectivity index (χ3v) is 5.25. The second-order valence-corrected chi connectivity index (χ2v) is 7.90. The lowest BCUT2D eigenvalue weighted by atomic mass is 10.1. The average molecular weight is 511 g/mol. The number of anilines is 1. The molecule has 0 spiro atoms. The lowest BCUT2D eigenvalue weighted by Gasteiger charge is -2.08. The largest absolute Gasteiger partial charge is 0.489 e. The molecule has 0 saturated carbocycles. The van der Waals surface area contributed by atoms with E-state index in [-0.39, 0.29) is 17.3 Å². The number of hydrogen-bond donors (Lipinski definition) is 2. The summed E-state index contributed by atoms with van der Waals surface area (Å²) in [5.41, 5.74) is 11.1. The number of nitrogens with zero attached hydrogens (tertiary/aromatic N) is 6. The summed E-state index contributed by atoms with van der Waals surface area (Å²) in [6.45, 7) is 3.89. The molecule has 3 N–H and O–H groups in total. The van der Waals surface area contributed by atoms with Gasteiger partial charge in [-0.3, -0.25) is 4.79 Å². The maximum Gasteiger partial charge on any atom is 0.293 e. The molecule has 0 unspecified atom stereocenters. The second kappa shape index (κ2) is 9.61. The third-order valence-electron chi connectivity index (χ3n) is 4.72. The lowest BCUT2D eigenvalue weighted by Crippen LogP contribution is -2.21. The Balaban J connectivity index is 1.37. The number of rotatable bonds is 7. The third kappa shape index (κ3) is 5.06. The highest BCUT2D eigenvalue weighted by Crippen LogP contribution is 2.17. The number of ether oxygens (including phenoxy) is 1. The van der Waals surface area contributed by atoms with Gasteiger partial charge in [-0.1, -0.05) is 33.3 Å². The second-order valence-electron chi connectivity index (χ2n) is 6.99. The van der Waals surface area contributed by atoms with Crippen molar-refractivity contribution in [2.75, 3.05) is 5.73 Å². The van der Waals surface area contributed by atoms with E-state index < -0.39 is 5.91 Å². The zero-order valence-corrected chi connectivity index (χ0v) is 19.3. The molecule has 33 heavy (non-hydrogen) atoms. The van der Waals surface area contributed by atoms with E-state index in [9.17, 15) is 4.79 Å². The lowest BCUT2D eigenvalue weighted by molar-refractivity contribution is 0.0949. The van der Waals surface area contributed by atoms with Crippen molar-refractivity contribution in [3.63, 3.8) is 0 Å². The summed E-state index contributed by atoms with van der Waals surface area (Å²) in [6, 6.07) is 15.4. The predicted octanol–water partition coefficient (Wildman–Crippen LogP) is 3.04. The molecule has 2 aromatic carbocycles. The molecule has 2 heterocycles. The molecule has 0 saturated heterocycles. The van der Waals surface area contributed by atoms with Crippen molar-refractivity contribution < 1.29 is 14.2 Å². The van der Waals surface area contributed by atoms with Crippen LogP contribution in [0.15, 0.2) is 62.7 Å². The molecule has 0 bridgehead atoms.